The zero-order chi connectivity index (χ0) is 19.3. The summed E-state index contributed by atoms with van der Waals surface area (Å²) in [4.78, 5) is 0.355. The van der Waals surface area contributed by atoms with E-state index in [9.17, 15) is 8.42 Å². The van der Waals surface area contributed by atoms with Crippen molar-refractivity contribution in [1.29, 1.82) is 0 Å². The molecule has 0 saturated carbocycles. The van der Waals surface area contributed by atoms with Crippen LogP contribution in [0, 0.1) is 6.92 Å². The quantitative estimate of drug-likeness (QED) is 0.170. The Kier molecular flexibility index (Phi) is 7.08. The summed E-state index contributed by atoms with van der Waals surface area (Å²) < 4.78 is 34.2. The van der Waals surface area contributed by atoms with E-state index in [0.717, 1.165) is 15.6 Å². The molecule has 0 radical (unpaired) electrons. The van der Waals surface area contributed by atoms with Crippen LogP contribution in [0.1, 0.15) is 17.5 Å². The lowest BCUT2D eigenvalue weighted by Gasteiger charge is -2.07. The van der Waals surface area contributed by atoms with E-state index in [1.54, 1.807) is 16.4 Å². The summed E-state index contributed by atoms with van der Waals surface area (Å²) >= 11 is 2.26. The molecule has 1 aliphatic rings. The third-order valence-corrected chi connectivity index (χ3v) is 7.06. The minimum atomic E-state index is -3.48. The Morgan fingerprint density at radius 1 is 1.11 bits per heavy atom. The van der Waals surface area contributed by atoms with E-state index in [0.29, 0.717) is 24.5 Å². The molecule has 1 heterocycles. The van der Waals surface area contributed by atoms with Crippen molar-refractivity contribution in [3.8, 4) is 0 Å². The molecule has 27 heavy (non-hydrogen) atoms. The van der Waals surface area contributed by atoms with Crippen molar-refractivity contribution in [1.82, 2.24) is 4.31 Å². The molecule has 3 atom stereocenters. The number of benzene rings is 2. The van der Waals surface area contributed by atoms with Gasteiger partial charge in [0, 0.05) is 17.1 Å². The molecule has 2 aromatic carbocycles. The normalized spacial score (nSPS) is 22.2. The molecule has 0 aromatic heterocycles. The van der Waals surface area contributed by atoms with Crippen LogP contribution in [0.2, 0.25) is 0 Å². The molecule has 144 valence electrons. The zero-order valence-electron chi connectivity index (χ0n) is 15.3. The number of aryl methyl sites for hydroxylation is 1. The number of hydrogen-bond acceptors (Lipinski definition) is 3. The number of rotatable bonds is 9. The number of allylic oxidation sites excluding steroid dienone is 1. The highest BCUT2D eigenvalue weighted by molar-refractivity contribution is 14.1. The third-order valence-electron chi connectivity index (χ3n) is 4.61. The van der Waals surface area contributed by atoms with E-state index in [1.165, 1.54) is 0 Å². The molecule has 1 saturated heterocycles. The van der Waals surface area contributed by atoms with Crippen molar-refractivity contribution >= 4 is 32.6 Å². The average Bonchev–Trinajstić information content (AvgIpc) is 3.38. The van der Waals surface area contributed by atoms with Gasteiger partial charge in [0.25, 0.3) is 0 Å². The Labute approximate surface area is 175 Å². The summed E-state index contributed by atoms with van der Waals surface area (Å²) in [5, 5.41) is 0. The summed E-state index contributed by atoms with van der Waals surface area (Å²) in [7, 11) is -3.48. The van der Waals surface area contributed by atoms with Gasteiger partial charge in [-0.15, -0.1) is 0 Å². The van der Waals surface area contributed by atoms with Crippen LogP contribution < -0.4 is 0 Å². The smallest absolute Gasteiger partial charge is 0.243 e. The van der Waals surface area contributed by atoms with E-state index in [4.69, 9.17) is 4.74 Å². The molecule has 1 aliphatic heterocycles. The molecule has 0 aliphatic carbocycles. The SMILES string of the molecule is Cc1ccc(S(=O)(=O)N2[C@H](/C=C/CI)[C@H]2CCOCc2ccccc2)cc1. The molecule has 1 fully saturated rings. The van der Waals surface area contributed by atoms with Crippen molar-refractivity contribution in [3.63, 3.8) is 0 Å². The molecule has 6 heteroatoms. The molecule has 1 unspecified atom stereocenters. The molecule has 0 spiro atoms. The molecule has 0 N–H and O–H groups in total. The van der Waals surface area contributed by atoms with Gasteiger partial charge in [-0.1, -0.05) is 82.8 Å². The highest BCUT2D eigenvalue weighted by Crippen LogP contribution is 2.39. The number of nitrogens with zero attached hydrogens (tertiary/aromatic N) is 1. The van der Waals surface area contributed by atoms with Gasteiger partial charge in [-0.2, -0.15) is 4.31 Å². The second kappa shape index (κ2) is 9.32. The van der Waals surface area contributed by atoms with Crippen LogP contribution in [0.4, 0.5) is 0 Å². The molecule has 0 bridgehead atoms. The molecule has 0 amide bonds. The highest BCUT2D eigenvalue weighted by atomic mass is 127. The fourth-order valence-corrected chi connectivity index (χ4v) is 5.20. The number of hydrogen-bond donors (Lipinski definition) is 0. The van der Waals surface area contributed by atoms with Gasteiger partial charge in [0.15, 0.2) is 0 Å². The third kappa shape index (κ3) is 5.19. The van der Waals surface area contributed by atoms with Crippen molar-refractivity contribution in [2.45, 2.75) is 36.9 Å². The molecule has 2 aromatic rings. The topological polar surface area (TPSA) is 46.4 Å². The van der Waals surface area contributed by atoms with Gasteiger partial charge in [0.1, 0.15) is 0 Å². The van der Waals surface area contributed by atoms with E-state index in [-0.39, 0.29) is 12.1 Å². The van der Waals surface area contributed by atoms with Crippen LogP contribution >= 0.6 is 22.6 Å². The standard InChI is InChI=1S/C21H24INO3S/c1-17-9-11-19(12-10-17)27(24,25)23-20(8-5-14-22)21(23)13-15-26-16-18-6-3-2-4-7-18/h2-12,20-21H,13-16H2,1H3/b8-5+/t20-,21-,23?/m1/s1. The van der Waals surface area contributed by atoms with Crippen molar-refractivity contribution < 1.29 is 13.2 Å². The van der Waals surface area contributed by atoms with Crippen molar-refractivity contribution in [3.05, 3.63) is 77.9 Å². The number of sulfonamides is 1. The van der Waals surface area contributed by atoms with Gasteiger partial charge in [-0.3, -0.25) is 0 Å². The minimum Gasteiger partial charge on any atom is -0.377 e. The van der Waals surface area contributed by atoms with Crippen molar-refractivity contribution in [2.75, 3.05) is 11.0 Å². The first-order valence-electron chi connectivity index (χ1n) is 8.98. The van der Waals surface area contributed by atoms with E-state index in [2.05, 4.69) is 22.6 Å². The average molecular weight is 497 g/mol. The first-order valence-corrected chi connectivity index (χ1v) is 11.9. The minimum absolute atomic E-state index is 0.0359. The Balaban J connectivity index is 1.62. The second-order valence-electron chi connectivity index (χ2n) is 6.62. The van der Waals surface area contributed by atoms with Crippen LogP contribution in [0.15, 0.2) is 71.6 Å². The van der Waals surface area contributed by atoms with Crippen LogP contribution in [0.25, 0.3) is 0 Å². The first-order chi connectivity index (χ1) is 13.0. The lowest BCUT2D eigenvalue weighted by molar-refractivity contribution is 0.117. The lowest BCUT2D eigenvalue weighted by atomic mass is 10.2. The monoisotopic (exact) mass is 497 g/mol. The largest absolute Gasteiger partial charge is 0.377 e. The number of ether oxygens (including phenoxy) is 1. The van der Waals surface area contributed by atoms with E-state index < -0.39 is 10.0 Å². The maximum Gasteiger partial charge on any atom is 0.243 e. The zero-order valence-corrected chi connectivity index (χ0v) is 18.3. The number of alkyl halides is 1. The van der Waals surface area contributed by atoms with Gasteiger partial charge >= 0.3 is 0 Å². The predicted octanol–water partition coefficient (Wildman–Crippen LogP) is 4.33. The maximum absolute atomic E-state index is 13.0. The molecule has 4 nitrogen and oxygen atoms in total. The summed E-state index contributed by atoms with van der Waals surface area (Å²) in [6.07, 6.45) is 4.71. The fraction of sp³-hybridized carbons (Fsp3) is 0.333. The Hall–Kier alpha value is -1.22. The first kappa shape index (κ1) is 20.5. The van der Waals surface area contributed by atoms with Crippen molar-refractivity contribution in [2.24, 2.45) is 0 Å². The molecular weight excluding hydrogens is 473 g/mol. The van der Waals surface area contributed by atoms with Crippen LogP contribution in [0.5, 0.6) is 0 Å². The summed E-state index contributed by atoms with van der Waals surface area (Å²) in [5.74, 6) is 0. The highest BCUT2D eigenvalue weighted by Gasteiger charge is 2.53. The van der Waals surface area contributed by atoms with Gasteiger partial charge < -0.3 is 4.74 Å². The van der Waals surface area contributed by atoms with Crippen LogP contribution in [-0.4, -0.2) is 35.8 Å². The van der Waals surface area contributed by atoms with Gasteiger partial charge in [0.05, 0.1) is 17.5 Å². The van der Waals surface area contributed by atoms with E-state index >= 15 is 0 Å². The Morgan fingerprint density at radius 2 is 1.81 bits per heavy atom. The second-order valence-corrected chi connectivity index (χ2v) is 9.34. The van der Waals surface area contributed by atoms with E-state index in [1.807, 2.05) is 61.5 Å². The lowest BCUT2D eigenvalue weighted by Crippen LogP contribution is -2.16. The fourth-order valence-electron chi connectivity index (χ4n) is 3.12. The van der Waals surface area contributed by atoms with Gasteiger partial charge in [-0.25, -0.2) is 8.42 Å². The summed E-state index contributed by atoms with van der Waals surface area (Å²) in [5.41, 5.74) is 2.17. The van der Waals surface area contributed by atoms with Crippen LogP contribution in [0.3, 0.4) is 0 Å². The summed E-state index contributed by atoms with van der Waals surface area (Å²) in [6, 6.07) is 16.9. The maximum atomic E-state index is 13.0. The summed E-state index contributed by atoms with van der Waals surface area (Å²) in [6.45, 7) is 3.03. The Bertz CT molecular complexity index is 866. The van der Waals surface area contributed by atoms with Gasteiger partial charge in [0.2, 0.25) is 10.0 Å². The van der Waals surface area contributed by atoms with Crippen LogP contribution in [-0.2, 0) is 21.4 Å². The predicted molar refractivity (Wildman–Crippen MR) is 117 cm³/mol. The number of halogens is 1. The molecule has 3 rings (SSSR count). The molecular formula is C21H24INO3S. The Morgan fingerprint density at radius 3 is 2.48 bits per heavy atom. The van der Waals surface area contributed by atoms with Gasteiger partial charge in [-0.05, 0) is 31.0 Å².